The molecule has 106 valence electrons. The lowest BCUT2D eigenvalue weighted by molar-refractivity contribution is 0.278. The summed E-state index contributed by atoms with van der Waals surface area (Å²) in [5.41, 5.74) is 0.653. The highest BCUT2D eigenvalue weighted by molar-refractivity contribution is 6.33. The standard InChI is InChI=1S/C14H15ClFN3O/c1-9(20-3)4-7-13-17-14(19(2)18-13)11-6-5-10(16)8-12(11)15/h5-6,8H,1,4,7H2,2-3H3. The Balaban J connectivity index is 2.25. The lowest BCUT2D eigenvalue weighted by Gasteiger charge is -2.02. The van der Waals surface area contributed by atoms with Crippen LogP contribution in [0.25, 0.3) is 11.4 Å². The number of rotatable bonds is 5. The average Bonchev–Trinajstić information content (AvgIpc) is 2.77. The van der Waals surface area contributed by atoms with Crippen LogP contribution in [-0.2, 0) is 18.2 Å². The summed E-state index contributed by atoms with van der Waals surface area (Å²) >= 11 is 6.04. The first kappa shape index (κ1) is 14.5. The number of nitrogens with zero attached hydrogens (tertiary/aromatic N) is 3. The first-order chi connectivity index (χ1) is 9.51. The zero-order valence-electron chi connectivity index (χ0n) is 11.4. The van der Waals surface area contributed by atoms with Gasteiger partial charge in [0.05, 0.1) is 17.9 Å². The van der Waals surface area contributed by atoms with Crippen LogP contribution in [0.3, 0.4) is 0 Å². The number of aromatic nitrogens is 3. The Morgan fingerprint density at radius 3 is 2.90 bits per heavy atom. The van der Waals surface area contributed by atoms with Crippen LogP contribution in [0, 0.1) is 5.82 Å². The molecule has 0 N–H and O–H groups in total. The quantitative estimate of drug-likeness (QED) is 0.794. The summed E-state index contributed by atoms with van der Waals surface area (Å²) in [6, 6.07) is 4.21. The van der Waals surface area contributed by atoms with Gasteiger partial charge in [-0.2, -0.15) is 5.10 Å². The van der Waals surface area contributed by atoms with E-state index in [2.05, 4.69) is 16.7 Å². The van der Waals surface area contributed by atoms with Crippen molar-refractivity contribution in [3.05, 3.63) is 47.2 Å². The van der Waals surface area contributed by atoms with Gasteiger partial charge in [0.25, 0.3) is 0 Å². The van der Waals surface area contributed by atoms with Gasteiger partial charge in [-0.15, -0.1) is 0 Å². The molecule has 20 heavy (non-hydrogen) atoms. The van der Waals surface area contributed by atoms with Crippen molar-refractivity contribution in [3.63, 3.8) is 0 Å². The Hall–Kier alpha value is -1.88. The van der Waals surface area contributed by atoms with E-state index in [1.54, 1.807) is 24.9 Å². The molecule has 0 atom stereocenters. The van der Waals surface area contributed by atoms with Gasteiger partial charge in [-0.1, -0.05) is 18.2 Å². The van der Waals surface area contributed by atoms with Crippen LogP contribution >= 0.6 is 11.6 Å². The van der Waals surface area contributed by atoms with Gasteiger partial charge in [0.15, 0.2) is 11.6 Å². The van der Waals surface area contributed by atoms with E-state index < -0.39 is 0 Å². The molecule has 2 rings (SSSR count). The van der Waals surface area contributed by atoms with Crippen LogP contribution < -0.4 is 0 Å². The Labute approximate surface area is 121 Å². The summed E-state index contributed by atoms with van der Waals surface area (Å²) in [5, 5.41) is 4.63. The second kappa shape index (κ2) is 6.05. The minimum Gasteiger partial charge on any atom is -0.502 e. The normalized spacial score (nSPS) is 10.6. The maximum absolute atomic E-state index is 13.1. The maximum Gasteiger partial charge on any atom is 0.159 e. The smallest absolute Gasteiger partial charge is 0.159 e. The number of aryl methyl sites for hydroxylation is 2. The molecular formula is C14H15ClFN3O. The van der Waals surface area contributed by atoms with Gasteiger partial charge in [-0.3, -0.25) is 0 Å². The summed E-state index contributed by atoms with van der Waals surface area (Å²) in [6.07, 6.45) is 1.27. The van der Waals surface area contributed by atoms with Gasteiger partial charge < -0.3 is 4.74 Å². The molecule has 0 saturated carbocycles. The molecule has 0 unspecified atom stereocenters. The van der Waals surface area contributed by atoms with Gasteiger partial charge in [-0.25, -0.2) is 14.1 Å². The Bertz CT molecular complexity index is 639. The van der Waals surface area contributed by atoms with Crippen molar-refractivity contribution in [2.75, 3.05) is 7.11 Å². The molecule has 1 aromatic carbocycles. The predicted molar refractivity (Wildman–Crippen MR) is 75.9 cm³/mol. The largest absolute Gasteiger partial charge is 0.502 e. The maximum atomic E-state index is 13.1. The van der Waals surface area contributed by atoms with E-state index >= 15 is 0 Å². The summed E-state index contributed by atoms with van der Waals surface area (Å²) in [5.74, 6) is 1.57. The minimum atomic E-state index is -0.377. The van der Waals surface area contributed by atoms with Crippen LogP contribution in [0.2, 0.25) is 5.02 Å². The van der Waals surface area contributed by atoms with Gasteiger partial charge in [0.2, 0.25) is 0 Å². The highest BCUT2D eigenvalue weighted by Crippen LogP contribution is 2.27. The van der Waals surface area contributed by atoms with Crippen molar-refractivity contribution in [2.24, 2.45) is 7.05 Å². The lowest BCUT2D eigenvalue weighted by atomic mass is 10.2. The van der Waals surface area contributed by atoms with Crippen molar-refractivity contribution in [1.29, 1.82) is 0 Å². The summed E-state index contributed by atoms with van der Waals surface area (Å²) in [4.78, 5) is 4.43. The van der Waals surface area contributed by atoms with Crippen LogP contribution in [0.15, 0.2) is 30.5 Å². The first-order valence-corrected chi connectivity index (χ1v) is 6.46. The Morgan fingerprint density at radius 1 is 1.50 bits per heavy atom. The summed E-state index contributed by atoms with van der Waals surface area (Å²) in [7, 11) is 3.36. The second-order valence-electron chi connectivity index (χ2n) is 4.34. The predicted octanol–water partition coefficient (Wildman–Crippen LogP) is 3.37. The van der Waals surface area contributed by atoms with E-state index in [0.717, 1.165) is 0 Å². The molecule has 0 aliphatic rings. The first-order valence-electron chi connectivity index (χ1n) is 6.08. The van der Waals surface area contributed by atoms with E-state index in [1.165, 1.54) is 12.1 Å². The molecule has 6 heteroatoms. The SMILES string of the molecule is C=C(CCc1nc(-c2ccc(F)cc2Cl)n(C)n1)OC. The zero-order chi connectivity index (χ0) is 14.7. The average molecular weight is 296 g/mol. The molecule has 0 radical (unpaired) electrons. The van der Waals surface area contributed by atoms with Gasteiger partial charge in [-0.05, 0) is 18.2 Å². The van der Waals surface area contributed by atoms with Gasteiger partial charge in [0, 0.05) is 25.5 Å². The summed E-state index contributed by atoms with van der Waals surface area (Å²) < 4.78 is 19.7. The number of hydrogen-bond donors (Lipinski definition) is 0. The zero-order valence-corrected chi connectivity index (χ0v) is 12.1. The van der Waals surface area contributed by atoms with E-state index in [1.807, 2.05) is 0 Å². The van der Waals surface area contributed by atoms with Crippen LogP contribution in [0.1, 0.15) is 12.2 Å². The van der Waals surface area contributed by atoms with Gasteiger partial charge >= 0.3 is 0 Å². The van der Waals surface area contributed by atoms with Crippen molar-refractivity contribution < 1.29 is 9.13 Å². The molecular weight excluding hydrogens is 281 g/mol. The van der Waals surface area contributed by atoms with Crippen LogP contribution in [-0.4, -0.2) is 21.9 Å². The number of ether oxygens (including phenoxy) is 1. The lowest BCUT2D eigenvalue weighted by Crippen LogP contribution is -1.96. The van der Waals surface area contributed by atoms with Crippen molar-refractivity contribution >= 4 is 11.6 Å². The minimum absolute atomic E-state index is 0.313. The highest BCUT2D eigenvalue weighted by Gasteiger charge is 2.13. The molecule has 1 heterocycles. The third-order valence-corrected chi connectivity index (χ3v) is 3.21. The Morgan fingerprint density at radius 2 is 2.25 bits per heavy atom. The third-order valence-electron chi connectivity index (χ3n) is 2.90. The number of halogens is 2. The van der Waals surface area contributed by atoms with Crippen molar-refractivity contribution in [2.45, 2.75) is 12.8 Å². The fourth-order valence-corrected chi connectivity index (χ4v) is 2.05. The number of hydrogen-bond acceptors (Lipinski definition) is 3. The molecule has 0 aliphatic heterocycles. The fourth-order valence-electron chi connectivity index (χ4n) is 1.80. The highest BCUT2D eigenvalue weighted by atomic mass is 35.5. The molecule has 2 aromatic rings. The van der Waals surface area contributed by atoms with Crippen LogP contribution in [0.4, 0.5) is 4.39 Å². The van der Waals surface area contributed by atoms with E-state index in [0.29, 0.717) is 40.8 Å². The van der Waals surface area contributed by atoms with Crippen molar-refractivity contribution in [3.8, 4) is 11.4 Å². The Kier molecular flexibility index (Phi) is 4.39. The molecule has 4 nitrogen and oxygen atoms in total. The molecule has 0 fully saturated rings. The number of methoxy groups -OCH3 is 1. The van der Waals surface area contributed by atoms with E-state index in [4.69, 9.17) is 16.3 Å². The fraction of sp³-hybridized carbons (Fsp3) is 0.286. The number of benzene rings is 1. The molecule has 1 aromatic heterocycles. The van der Waals surface area contributed by atoms with E-state index in [9.17, 15) is 4.39 Å². The molecule has 0 amide bonds. The molecule has 0 bridgehead atoms. The van der Waals surface area contributed by atoms with E-state index in [-0.39, 0.29) is 5.82 Å². The third kappa shape index (κ3) is 3.17. The molecule has 0 aliphatic carbocycles. The number of allylic oxidation sites excluding steroid dienone is 1. The molecule has 0 spiro atoms. The van der Waals surface area contributed by atoms with Crippen molar-refractivity contribution in [1.82, 2.24) is 14.8 Å². The van der Waals surface area contributed by atoms with Gasteiger partial charge in [0.1, 0.15) is 5.82 Å². The summed E-state index contributed by atoms with van der Waals surface area (Å²) in [6.45, 7) is 3.75. The monoisotopic (exact) mass is 295 g/mol. The van der Waals surface area contributed by atoms with Crippen LogP contribution in [0.5, 0.6) is 0 Å². The molecule has 0 saturated heterocycles. The second-order valence-corrected chi connectivity index (χ2v) is 4.75. The topological polar surface area (TPSA) is 39.9 Å².